The maximum Gasteiger partial charge on any atom is 0.210 e. The van der Waals surface area contributed by atoms with Crippen molar-refractivity contribution in [2.24, 2.45) is 0 Å². The van der Waals surface area contributed by atoms with Crippen molar-refractivity contribution in [3.8, 4) is 40.2 Å². The largest absolute Gasteiger partial charge is 0.502 e. The van der Waals surface area contributed by atoms with E-state index >= 15 is 0 Å². The van der Waals surface area contributed by atoms with Crippen molar-refractivity contribution < 1.29 is 28.2 Å². The van der Waals surface area contributed by atoms with Gasteiger partial charge < -0.3 is 23.4 Å². The van der Waals surface area contributed by atoms with Crippen LogP contribution in [0.1, 0.15) is 10.4 Å². The number of furan rings is 2. The molecule has 1 N–H and O–H groups in total. The molecule has 0 unspecified atom stereocenters. The van der Waals surface area contributed by atoms with Crippen molar-refractivity contribution in [2.75, 3.05) is 20.0 Å². The van der Waals surface area contributed by atoms with Gasteiger partial charge in [-0.1, -0.05) is 11.8 Å². The minimum absolute atomic E-state index is 0.0382. The Morgan fingerprint density at radius 3 is 2.16 bits per heavy atom. The fourth-order valence-electron chi connectivity index (χ4n) is 2.80. The number of carbonyl (C=O) groups is 1. The maximum absolute atomic E-state index is 12.7. The van der Waals surface area contributed by atoms with Gasteiger partial charge in [-0.05, 0) is 36.4 Å². The van der Waals surface area contributed by atoms with Crippen molar-refractivity contribution in [3.05, 3.63) is 54.5 Å². The molecule has 9 nitrogen and oxygen atoms in total. The molecule has 10 heteroatoms. The molecule has 0 fully saturated rings. The Morgan fingerprint density at radius 1 is 1.00 bits per heavy atom. The van der Waals surface area contributed by atoms with Crippen LogP contribution in [-0.4, -0.2) is 46.0 Å². The predicted octanol–water partition coefficient (Wildman–Crippen LogP) is 4.09. The molecule has 0 spiro atoms. The van der Waals surface area contributed by atoms with Crippen LogP contribution in [0.5, 0.6) is 17.2 Å². The van der Waals surface area contributed by atoms with Crippen LogP contribution < -0.4 is 9.47 Å². The Kier molecular flexibility index (Phi) is 5.89. The highest BCUT2D eigenvalue weighted by molar-refractivity contribution is 7.99. The van der Waals surface area contributed by atoms with Gasteiger partial charge in [0, 0.05) is 5.56 Å². The van der Waals surface area contributed by atoms with Crippen LogP contribution in [0, 0.1) is 0 Å². The summed E-state index contributed by atoms with van der Waals surface area (Å²) in [6, 6.07) is 9.89. The first-order valence-electron chi connectivity index (χ1n) is 9.04. The number of phenols is 1. The van der Waals surface area contributed by atoms with Crippen LogP contribution in [-0.2, 0) is 0 Å². The number of methoxy groups -OCH3 is 2. The average Bonchev–Trinajstić information content (AvgIpc) is 3.52. The summed E-state index contributed by atoms with van der Waals surface area (Å²) in [5, 5.41) is 18.6. The molecule has 4 rings (SSSR count). The fraction of sp³-hybridized carbons (Fsp3) is 0.143. The molecule has 0 radical (unpaired) electrons. The lowest BCUT2D eigenvalue weighted by Gasteiger charge is -2.10. The van der Waals surface area contributed by atoms with Gasteiger partial charge >= 0.3 is 0 Å². The van der Waals surface area contributed by atoms with E-state index in [0.29, 0.717) is 33.6 Å². The lowest BCUT2D eigenvalue weighted by molar-refractivity contribution is 0.102. The lowest BCUT2D eigenvalue weighted by Crippen LogP contribution is -2.05. The molecule has 1 aromatic carbocycles. The Labute approximate surface area is 181 Å². The van der Waals surface area contributed by atoms with Crippen LogP contribution >= 0.6 is 11.8 Å². The smallest absolute Gasteiger partial charge is 0.210 e. The van der Waals surface area contributed by atoms with E-state index in [0.717, 1.165) is 11.8 Å². The number of aromatic nitrogens is 3. The molecule has 0 bridgehead atoms. The van der Waals surface area contributed by atoms with Crippen molar-refractivity contribution >= 4 is 17.5 Å². The first-order valence-corrected chi connectivity index (χ1v) is 10.0. The third-order valence-electron chi connectivity index (χ3n) is 4.31. The summed E-state index contributed by atoms with van der Waals surface area (Å²) in [5.41, 5.74) is 1.21. The predicted molar refractivity (Wildman–Crippen MR) is 111 cm³/mol. The molecule has 4 aromatic rings. The van der Waals surface area contributed by atoms with Crippen LogP contribution in [0.3, 0.4) is 0 Å². The van der Waals surface area contributed by atoms with Crippen molar-refractivity contribution in [1.29, 1.82) is 0 Å². The average molecular weight is 439 g/mol. The first-order chi connectivity index (χ1) is 15.1. The molecule has 0 atom stereocenters. The van der Waals surface area contributed by atoms with E-state index in [2.05, 4.69) is 15.2 Å². The summed E-state index contributed by atoms with van der Waals surface area (Å²) >= 11 is 1.12. The van der Waals surface area contributed by atoms with E-state index < -0.39 is 0 Å². The number of nitrogens with zero attached hydrogens (tertiary/aromatic N) is 3. The summed E-state index contributed by atoms with van der Waals surface area (Å²) in [6.07, 6.45) is 3.07. The van der Waals surface area contributed by atoms with Gasteiger partial charge in [-0.2, -0.15) is 0 Å². The number of ether oxygens (including phenoxy) is 2. The third-order valence-corrected chi connectivity index (χ3v) is 5.15. The monoisotopic (exact) mass is 439 g/mol. The number of hydrogen-bond acceptors (Lipinski definition) is 10. The molecule has 158 valence electrons. The summed E-state index contributed by atoms with van der Waals surface area (Å²) in [5.74, 6) is 0.946. The molecule has 31 heavy (non-hydrogen) atoms. The molecule has 3 aromatic heterocycles. The van der Waals surface area contributed by atoms with Gasteiger partial charge in [0.25, 0.3) is 0 Å². The Balaban J connectivity index is 1.58. The van der Waals surface area contributed by atoms with E-state index in [4.69, 9.17) is 18.3 Å². The van der Waals surface area contributed by atoms with Crippen LogP contribution in [0.4, 0.5) is 0 Å². The standard InChI is InChI=1S/C21H17N3O6S/c1-27-16-9-12(10-17(28-2)20(16)26)13(25)11-31-21-22-18(14-5-3-7-29-14)19(23-24-21)15-6-4-8-30-15/h3-10,26H,11H2,1-2H3. The topological polar surface area (TPSA) is 121 Å². The van der Waals surface area contributed by atoms with E-state index in [-0.39, 0.29) is 28.8 Å². The molecule has 0 saturated heterocycles. The maximum atomic E-state index is 12.7. The number of ketones is 1. The van der Waals surface area contributed by atoms with Crippen molar-refractivity contribution in [3.63, 3.8) is 0 Å². The van der Waals surface area contributed by atoms with E-state index in [1.807, 2.05) is 0 Å². The minimum Gasteiger partial charge on any atom is -0.502 e. The van der Waals surface area contributed by atoms with Crippen LogP contribution in [0.2, 0.25) is 0 Å². The third kappa shape index (κ3) is 4.24. The highest BCUT2D eigenvalue weighted by atomic mass is 32.2. The molecule has 3 heterocycles. The number of carbonyl (C=O) groups excluding carboxylic acids is 1. The quantitative estimate of drug-likeness (QED) is 0.317. The zero-order chi connectivity index (χ0) is 21.8. The first kappa shape index (κ1) is 20.5. The van der Waals surface area contributed by atoms with Gasteiger partial charge in [-0.15, -0.1) is 10.2 Å². The normalized spacial score (nSPS) is 10.8. The number of aromatic hydroxyl groups is 1. The summed E-state index contributed by atoms with van der Waals surface area (Å²) in [4.78, 5) is 17.2. The summed E-state index contributed by atoms with van der Waals surface area (Å²) < 4.78 is 21.1. The molecule has 0 aliphatic rings. The van der Waals surface area contributed by atoms with Crippen molar-refractivity contribution in [1.82, 2.24) is 15.2 Å². The molecule has 0 amide bonds. The summed E-state index contributed by atoms with van der Waals surface area (Å²) in [6.45, 7) is 0. The van der Waals surface area contributed by atoms with E-state index in [1.165, 1.54) is 38.9 Å². The Bertz CT molecular complexity index is 1170. The van der Waals surface area contributed by atoms with Gasteiger partial charge in [0.15, 0.2) is 34.5 Å². The molecule has 0 aliphatic heterocycles. The van der Waals surface area contributed by atoms with E-state index in [1.54, 1.807) is 24.3 Å². The lowest BCUT2D eigenvalue weighted by atomic mass is 10.1. The number of rotatable bonds is 8. The molecular formula is C21H17N3O6S. The van der Waals surface area contributed by atoms with Gasteiger partial charge in [0.1, 0.15) is 5.69 Å². The van der Waals surface area contributed by atoms with Gasteiger partial charge in [0.2, 0.25) is 10.9 Å². The van der Waals surface area contributed by atoms with Crippen LogP contribution in [0.25, 0.3) is 22.9 Å². The zero-order valence-electron chi connectivity index (χ0n) is 16.6. The number of thioether (sulfide) groups is 1. The summed E-state index contributed by atoms with van der Waals surface area (Å²) in [7, 11) is 2.79. The van der Waals surface area contributed by atoms with Crippen LogP contribution in [0.15, 0.2) is 62.9 Å². The zero-order valence-corrected chi connectivity index (χ0v) is 17.4. The molecule has 0 aliphatic carbocycles. The van der Waals surface area contributed by atoms with Gasteiger partial charge in [0.05, 0.1) is 32.5 Å². The highest BCUT2D eigenvalue weighted by Crippen LogP contribution is 2.37. The second-order valence-electron chi connectivity index (χ2n) is 6.19. The van der Waals surface area contributed by atoms with Crippen molar-refractivity contribution in [2.45, 2.75) is 5.16 Å². The molecule has 0 saturated carbocycles. The number of benzene rings is 1. The SMILES string of the molecule is COc1cc(C(=O)CSc2nnc(-c3ccco3)c(-c3ccco3)n2)cc(OC)c1O. The van der Waals surface area contributed by atoms with Gasteiger partial charge in [-0.25, -0.2) is 4.98 Å². The Morgan fingerprint density at radius 2 is 1.61 bits per heavy atom. The van der Waals surface area contributed by atoms with E-state index in [9.17, 15) is 9.90 Å². The fourth-order valence-corrected chi connectivity index (χ4v) is 3.49. The minimum atomic E-state index is -0.222. The Hall–Kier alpha value is -3.79. The number of phenolic OH excluding ortho intramolecular Hbond substituents is 1. The number of hydrogen-bond donors (Lipinski definition) is 1. The highest BCUT2D eigenvalue weighted by Gasteiger charge is 2.20. The second-order valence-corrected chi connectivity index (χ2v) is 7.13. The van der Waals surface area contributed by atoms with Gasteiger partial charge in [-0.3, -0.25) is 4.79 Å². The molecular weight excluding hydrogens is 422 g/mol. The second kappa shape index (κ2) is 8.92. The number of Topliss-reactive ketones (excluding diaryl/α,β-unsaturated/α-hetero) is 1.